The number of para-hydroxylation sites is 1. The summed E-state index contributed by atoms with van der Waals surface area (Å²) in [7, 11) is -2.02. The Bertz CT molecular complexity index is 885. The molecule has 0 aliphatic carbocycles. The third-order valence-electron chi connectivity index (χ3n) is 5.18. The second-order valence-corrected chi connectivity index (χ2v) is 9.84. The Morgan fingerprint density at radius 3 is 2.89 bits per heavy atom. The van der Waals surface area contributed by atoms with Crippen LogP contribution < -0.4 is 4.74 Å². The first-order valence-corrected chi connectivity index (χ1v) is 11.4. The predicted molar refractivity (Wildman–Crippen MR) is 105 cm³/mol. The number of fused-ring (bicyclic) bond motifs is 1. The number of rotatable bonds is 5. The third kappa shape index (κ3) is 3.77. The molecule has 1 aromatic heterocycles. The number of ether oxygens (including phenoxy) is 2. The summed E-state index contributed by atoms with van der Waals surface area (Å²) >= 11 is 1.69. The van der Waals surface area contributed by atoms with E-state index in [2.05, 4.69) is 21.7 Å². The maximum atomic E-state index is 13.2. The van der Waals surface area contributed by atoms with E-state index in [1.807, 2.05) is 6.07 Å². The van der Waals surface area contributed by atoms with Crippen LogP contribution in [-0.2, 0) is 21.3 Å². The molecule has 2 aliphatic rings. The van der Waals surface area contributed by atoms with E-state index in [0.717, 1.165) is 19.5 Å². The first kappa shape index (κ1) is 18.9. The van der Waals surface area contributed by atoms with Crippen LogP contribution in [0.3, 0.4) is 0 Å². The summed E-state index contributed by atoms with van der Waals surface area (Å²) in [5.74, 6) is 0.454. The van der Waals surface area contributed by atoms with Crippen molar-refractivity contribution in [3.05, 3.63) is 46.7 Å². The van der Waals surface area contributed by atoms with E-state index in [9.17, 15) is 8.42 Å². The Hall–Kier alpha value is -1.45. The van der Waals surface area contributed by atoms with Gasteiger partial charge in [-0.2, -0.15) is 15.6 Å². The largest absolute Gasteiger partial charge is 0.483 e. The van der Waals surface area contributed by atoms with E-state index in [1.54, 1.807) is 36.6 Å². The van der Waals surface area contributed by atoms with Gasteiger partial charge in [-0.3, -0.25) is 4.90 Å². The summed E-state index contributed by atoms with van der Waals surface area (Å²) in [6.07, 6.45) is 0.796. The minimum Gasteiger partial charge on any atom is -0.483 e. The van der Waals surface area contributed by atoms with E-state index in [4.69, 9.17) is 9.47 Å². The molecule has 146 valence electrons. The summed E-state index contributed by atoms with van der Waals surface area (Å²) in [5, 5.41) is 4.24. The van der Waals surface area contributed by atoms with Gasteiger partial charge in [0.25, 0.3) is 0 Å². The van der Waals surface area contributed by atoms with Crippen LogP contribution in [0.4, 0.5) is 0 Å². The molecule has 1 spiro atoms. The Labute approximate surface area is 164 Å². The van der Waals surface area contributed by atoms with Gasteiger partial charge in [0.15, 0.2) is 0 Å². The summed E-state index contributed by atoms with van der Waals surface area (Å²) < 4.78 is 39.4. The molecular formula is C19H24N2O4S2. The smallest absolute Gasteiger partial charge is 0.246 e. The molecule has 0 amide bonds. The molecular weight excluding hydrogens is 384 g/mol. The number of likely N-dealkylation sites (tertiary alicyclic amines) is 1. The van der Waals surface area contributed by atoms with Gasteiger partial charge in [-0.25, -0.2) is 8.42 Å². The van der Waals surface area contributed by atoms with Gasteiger partial charge in [0.1, 0.15) is 16.2 Å². The van der Waals surface area contributed by atoms with Crippen molar-refractivity contribution in [2.24, 2.45) is 0 Å². The highest BCUT2D eigenvalue weighted by Crippen LogP contribution is 2.38. The third-order valence-corrected chi connectivity index (χ3v) is 7.80. The number of thiophene rings is 1. The average molecular weight is 409 g/mol. The van der Waals surface area contributed by atoms with Crippen molar-refractivity contribution in [2.75, 3.05) is 39.9 Å². The fraction of sp³-hybridized carbons (Fsp3) is 0.474. The fourth-order valence-corrected chi connectivity index (χ4v) is 6.14. The number of nitrogens with zero attached hydrogens (tertiary/aromatic N) is 2. The van der Waals surface area contributed by atoms with Crippen molar-refractivity contribution in [3.8, 4) is 5.75 Å². The molecule has 4 rings (SSSR count). The molecule has 0 N–H and O–H groups in total. The van der Waals surface area contributed by atoms with Gasteiger partial charge in [-0.15, -0.1) is 0 Å². The van der Waals surface area contributed by atoms with Crippen molar-refractivity contribution in [1.82, 2.24) is 9.21 Å². The first-order chi connectivity index (χ1) is 13.0. The van der Waals surface area contributed by atoms with Crippen LogP contribution in [0.2, 0.25) is 0 Å². The van der Waals surface area contributed by atoms with Gasteiger partial charge < -0.3 is 9.47 Å². The highest BCUT2D eigenvalue weighted by molar-refractivity contribution is 7.89. The number of hydrogen-bond donors (Lipinski definition) is 0. The average Bonchev–Trinajstić information content (AvgIpc) is 3.28. The zero-order chi connectivity index (χ0) is 18.9. The van der Waals surface area contributed by atoms with Gasteiger partial charge >= 0.3 is 0 Å². The maximum absolute atomic E-state index is 13.2. The van der Waals surface area contributed by atoms with Crippen LogP contribution >= 0.6 is 11.3 Å². The molecule has 3 heterocycles. The van der Waals surface area contributed by atoms with Gasteiger partial charge in [-0.05, 0) is 34.5 Å². The van der Waals surface area contributed by atoms with Gasteiger partial charge in [0.2, 0.25) is 10.0 Å². The van der Waals surface area contributed by atoms with E-state index in [-0.39, 0.29) is 4.90 Å². The monoisotopic (exact) mass is 408 g/mol. The fourth-order valence-electron chi connectivity index (χ4n) is 3.87. The maximum Gasteiger partial charge on any atom is 0.246 e. The quantitative estimate of drug-likeness (QED) is 0.761. The summed E-state index contributed by atoms with van der Waals surface area (Å²) in [6, 6.07) is 9.08. The lowest BCUT2D eigenvalue weighted by molar-refractivity contribution is 0.0533. The Balaban J connectivity index is 1.64. The summed E-state index contributed by atoms with van der Waals surface area (Å²) in [4.78, 5) is 2.59. The highest BCUT2D eigenvalue weighted by atomic mass is 32.2. The number of hydrogen-bond acceptors (Lipinski definition) is 6. The van der Waals surface area contributed by atoms with E-state index >= 15 is 0 Å². The molecule has 1 saturated heterocycles. The van der Waals surface area contributed by atoms with Crippen molar-refractivity contribution in [3.63, 3.8) is 0 Å². The van der Waals surface area contributed by atoms with Gasteiger partial charge in [-0.1, -0.05) is 12.1 Å². The molecule has 0 saturated carbocycles. The second kappa shape index (κ2) is 7.52. The van der Waals surface area contributed by atoms with Crippen molar-refractivity contribution in [2.45, 2.75) is 23.5 Å². The second-order valence-electron chi connectivity index (χ2n) is 7.16. The molecule has 2 aromatic rings. The van der Waals surface area contributed by atoms with Crippen LogP contribution in [0.25, 0.3) is 0 Å². The first-order valence-electron chi connectivity index (χ1n) is 9.03. The lowest BCUT2D eigenvalue weighted by Gasteiger charge is -2.32. The molecule has 1 fully saturated rings. The zero-order valence-corrected chi connectivity index (χ0v) is 17.0. The number of benzene rings is 1. The van der Waals surface area contributed by atoms with Crippen molar-refractivity contribution >= 4 is 21.4 Å². The van der Waals surface area contributed by atoms with E-state index in [1.165, 1.54) is 9.87 Å². The topological polar surface area (TPSA) is 59.1 Å². The molecule has 0 radical (unpaired) electrons. The Morgan fingerprint density at radius 2 is 2.11 bits per heavy atom. The van der Waals surface area contributed by atoms with Crippen LogP contribution in [0.15, 0.2) is 46.0 Å². The lowest BCUT2D eigenvalue weighted by Crippen LogP contribution is -2.49. The molecule has 1 aromatic carbocycles. The number of methoxy groups -OCH3 is 1. The lowest BCUT2D eigenvalue weighted by atomic mass is 10.0. The van der Waals surface area contributed by atoms with E-state index in [0.29, 0.717) is 32.0 Å². The van der Waals surface area contributed by atoms with Crippen molar-refractivity contribution < 1.29 is 17.9 Å². The number of sulfonamides is 1. The highest BCUT2D eigenvalue weighted by Gasteiger charge is 2.47. The zero-order valence-electron chi connectivity index (χ0n) is 15.3. The Morgan fingerprint density at radius 1 is 1.26 bits per heavy atom. The normalized spacial score (nSPS) is 25.2. The van der Waals surface area contributed by atoms with Gasteiger partial charge in [0.05, 0.1) is 13.2 Å². The molecule has 0 unspecified atom stereocenters. The predicted octanol–water partition coefficient (Wildman–Crippen LogP) is 2.42. The Kier molecular flexibility index (Phi) is 5.26. The van der Waals surface area contributed by atoms with E-state index < -0.39 is 15.6 Å². The molecule has 0 bridgehead atoms. The summed E-state index contributed by atoms with van der Waals surface area (Å²) in [6.45, 7) is 3.47. The standard InChI is InChI=1S/C19H24N2O4S2/c1-24-10-9-21-15-19(7-8-20(14-19)12-16-6-11-26-13-16)25-17-4-2-3-5-18(17)27(21,22)23/h2-6,11,13H,7-10,12,14-15H2,1H3/t19-/m1/s1. The summed E-state index contributed by atoms with van der Waals surface area (Å²) in [5.41, 5.74) is 0.749. The van der Waals surface area contributed by atoms with Crippen LogP contribution in [0.5, 0.6) is 5.75 Å². The SMILES string of the molecule is COCCN1C[C@]2(CCN(Cc3ccsc3)C2)Oc2ccccc2S1(=O)=O. The molecule has 1 atom stereocenters. The molecule has 8 heteroatoms. The molecule has 2 aliphatic heterocycles. The van der Waals surface area contributed by atoms with Gasteiger partial charge in [0, 0.05) is 39.7 Å². The molecule has 27 heavy (non-hydrogen) atoms. The minimum atomic E-state index is -3.61. The van der Waals surface area contributed by atoms with Crippen LogP contribution in [0.1, 0.15) is 12.0 Å². The van der Waals surface area contributed by atoms with Crippen LogP contribution in [-0.4, -0.2) is 63.1 Å². The minimum absolute atomic E-state index is 0.245. The van der Waals surface area contributed by atoms with Crippen LogP contribution in [0, 0.1) is 0 Å². The molecule has 6 nitrogen and oxygen atoms in total. The van der Waals surface area contributed by atoms with Crippen molar-refractivity contribution in [1.29, 1.82) is 0 Å².